The third-order valence-corrected chi connectivity index (χ3v) is 4.74. The molecule has 0 aromatic heterocycles. The summed E-state index contributed by atoms with van der Waals surface area (Å²) >= 11 is 0. The van der Waals surface area contributed by atoms with Crippen molar-refractivity contribution < 1.29 is 8.42 Å². The highest BCUT2D eigenvalue weighted by Gasteiger charge is 2.18. The van der Waals surface area contributed by atoms with Crippen molar-refractivity contribution in [2.75, 3.05) is 4.72 Å². The van der Waals surface area contributed by atoms with Gasteiger partial charge in [-0.2, -0.15) is 5.26 Å². The molecule has 3 aromatic carbocycles. The molecule has 0 fully saturated rings. The second-order valence-electron chi connectivity index (χ2n) is 4.78. The zero-order chi connectivity index (χ0) is 15.6. The molecule has 4 nitrogen and oxygen atoms in total. The van der Waals surface area contributed by atoms with Crippen LogP contribution >= 0.6 is 0 Å². The van der Waals surface area contributed by atoms with Crippen molar-refractivity contribution in [1.29, 1.82) is 5.26 Å². The summed E-state index contributed by atoms with van der Waals surface area (Å²) in [6.07, 6.45) is 0. The van der Waals surface area contributed by atoms with Crippen LogP contribution in [0.3, 0.4) is 0 Å². The van der Waals surface area contributed by atoms with Crippen molar-refractivity contribution in [3.05, 3.63) is 72.3 Å². The molecule has 0 aliphatic rings. The maximum atomic E-state index is 12.5. The second-order valence-corrected chi connectivity index (χ2v) is 6.43. The fraction of sp³-hybridized carbons (Fsp3) is 0. The molecule has 0 saturated heterocycles. The van der Waals surface area contributed by atoms with Crippen molar-refractivity contribution in [2.24, 2.45) is 0 Å². The monoisotopic (exact) mass is 308 g/mol. The molecular weight excluding hydrogens is 296 g/mol. The number of nitrogens with zero attached hydrogens (tertiary/aromatic N) is 1. The van der Waals surface area contributed by atoms with Gasteiger partial charge in [0.1, 0.15) is 11.0 Å². The van der Waals surface area contributed by atoms with Gasteiger partial charge in [0.15, 0.2) is 0 Å². The van der Waals surface area contributed by atoms with Gasteiger partial charge >= 0.3 is 0 Å². The number of nitrogens with one attached hydrogen (secondary N) is 1. The van der Waals surface area contributed by atoms with Crippen LogP contribution in [-0.4, -0.2) is 8.42 Å². The summed E-state index contributed by atoms with van der Waals surface area (Å²) < 4.78 is 27.4. The smallest absolute Gasteiger partial charge is 0.263 e. The SMILES string of the molecule is N#Cc1ccccc1S(=O)(=O)Nc1ccc2ccccc2c1. The highest BCUT2D eigenvalue weighted by Crippen LogP contribution is 2.23. The molecule has 3 aromatic rings. The van der Waals surface area contributed by atoms with Crippen LogP contribution in [0.15, 0.2) is 71.6 Å². The largest absolute Gasteiger partial charge is 0.280 e. The number of fused-ring (bicyclic) bond motifs is 1. The van der Waals surface area contributed by atoms with Gasteiger partial charge in [0.2, 0.25) is 0 Å². The molecule has 0 spiro atoms. The summed E-state index contributed by atoms with van der Waals surface area (Å²) in [5.41, 5.74) is 0.585. The molecule has 5 heteroatoms. The van der Waals surface area contributed by atoms with Gasteiger partial charge in [-0.3, -0.25) is 4.72 Å². The standard InChI is InChI=1S/C17H12N2O2S/c18-12-15-7-3-4-8-17(15)22(20,21)19-16-10-9-13-5-1-2-6-14(13)11-16/h1-11,19H. The number of benzene rings is 3. The number of hydrogen-bond donors (Lipinski definition) is 1. The summed E-state index contributed by atoms with van der Waals surface area (Å²) in [7, 11) is -3.80. The third kappa shape index (κ3) is 2.65. The van der Waals surface area contributed by atoms with E-state index in [-0.39, 0.29) is 10.5 Å². The molecule has 108 valence electrons. The maximum Gasteiger partial charge on any atom is 0.263 e. The summed E-state index contributed by atoms with van der Waals surface area (Å²) in [6, 6.07) is 21.0. The van der Waals surface area contributed by atoms with Crippen molar-refractivity contribution in [1.82, 2.24) is 0 Å². The van der Waals surface area contributed by atoms with Crippen LogP contribution < -0.4 is 4.72 Å². The molecule has 0 radical (unpaired) electrons. The molecule has 0 bridgehead atoms. The minimum absolute atomic E-state index is 0.0225. The predicted molar refractivity (Wildman–Crippen MR) is 85.9 cm³/mol. The van der Waals surface area contributed by atoms with Gasteiger partial charge in [-0.25, -0.2) is 8.42 Å². The Morgan fingerprint density at radius 1 is 0.864 bits per heavy atom. The number of sulfonamides is 1. The van der Waals surface area contributed by atoms with E-state index in [1.807, 2.05) is 36.4 Å². The first kappa shape index (κ1) is 14.1. The van der Waals surface area contributed by atoms with Crippen LogP contribution in [0.25, 0.3) is 10.8 Å². The summed E-state index contributed by atoms with van der Waals surface area (Å²) in [4.78, 5) is -0.0225. The molecule has 0 aliphatic heterocycles. The average molecular weight is 308 g/mol. The van der Waals surface area contributed by atoms with Crippen LogP contribution in [-0.2, 0) is 10.0 Å². The normalized spacial score (nSPS) is 11.0. The Hall–Kier alpha value is -2.84. The summed E-state index contributed by atoms with van der Waals surface area (Å²) in [5, 5.41) is 11.0. The van der Waals surface area contributed by atoms with Crippen LogP contribution in [0.1, 0.15) is 5.56 Å². The minimum atomic E-state index is -3.80. The number of hydrogen-bond acceptors (Lipinski definition) is 3. The Morgan fingerprint density at radius 3 is 2.32 bits per heavy atom. The Labute approximate surface area is 128 Å². The van der Waals surface area contributed by atoms with Crippen LogP contribution in [0.5, 0.6) is 0 Å². The molecule has 0 aliphatic carbocycles. The zero-order valence-electron chi connectivity index (χ0n) is 11.5. The predicted octanol–water partition coefficient (Wildman–Crippen LogP) is 3.51. The van der Waals surface area contributed by atoms with E-state index in [9.17, 15) is 8.42 Å². The minimum Gasteiger partial charge on any atom is -0.280 e. The van der Waals surface area contributed by atoms with E-state index in [4.69, 9.17) is 5.26 Å². The molecular formula is C17H12N2O2S. The number of nitriles is 1. The Morgan fingerprint density at radius 2 is 1.55 bits per heavy atom. The molecule has 22 heavy (non-hydrogen) atoms. The lowest BCUT2D eigenvalue weighted by Crippen LogP contribution is -2.14. The third-order valence-electron chi connectivity index (χ3n) is 3.30. The first-order chi connectivity index (χ1) is 10.6. The molecule has 0 unspecified atom stereocenters. The summed E-state index contributed by atoms with van der Waals surface area (Å²) in [6.45, 7) is 0. The fourth-order valence-electron chi connectivity index (χ4n) is 2.26. The number of rotatable bonds is 3. The molecule has 0 atom stereocenters. The first-order valence-corrected chi connectivity index (χ1v) is 8.09. The van der Waals surface area contributed by atoms with E-state index in [2.05, 4.69) is 4.72 Å². The van der Waals surface area contributed by atoms with Crippen LogP contribution in [0.2, 0.25) is 0 Å². The first-order valence-electron chi connectivity index (χ1n) is 6.61. The lowest BCUT2D eigenvalue weighted by molar-refractivity contribution is 0.601. The van der Waals surface area contributed by atoms with Crippen LogP contribution in [0.4, 0.5) is 5.69 Å². The molecule has 3 rings (SSSR count). The van der Waals surface area contributed by atoms with Crippen molar-refractivity contribution in [3.8, 4) is 6.07 Å². The van der Waals surface area contributed by atoms with Crippen LogP contribution in [0, 0.1) is 11.3 Å². The second kappa shape index (κ2) is 5.51. The van der Waals surface area contributed by atoms with E-state index in [0.29, 0.717) is 5.69 Å². The van der Waals surface area contributed by atoms with E-state index in [1.165, 1.54) is 12.1 Å². The Balaban J connectivity index is 2.01. The maximum absolute atomic E-state index is 12.5. The highest BCUT2D eigenvalue weighted by molar-refractivity contribution is 7.92. The van der Waals surface area contributed by atoms with Gasteiger partial charge in [0.25, 0.3) is 10.0 Å². The number of anilines is 1. The molecule has 0 heterocycles. The average Bonchev–Trinajstić information content (AvgIpc) is 2.54. The highest BCUT2D eigenvalue weighted by atomic mass is 32.2. The van der Waals surface area contributed by atoms with E-state index in [1.54, 1.807) is 24.3 Å². The topological polar surface area (TPSA) is 70.0 Å². The van der Waals surface area contributed by atoms with Crippen molar-refractivity contribution in [3.63, 3.8) is 0 Å². The van der Waals surface area contributed by atoms with E-state index < -0.39 is 10.0 Å². The van der Waals surface area contributed by atoms with E-state index in [0.717, 1.165) is 10.8 Å². The lowest BCUT2D eigenvalue weighted by atomic mass is 10.1. The van der Waals surface area contributed by atoms with Gasteiger partial charge < -0.3 is 0 Å². The summed E-state index contributed by atoms with van der Waals surface area (Å²) in [5.74, 6) is 0. The quantitative estimate of drug-likeness (QED) is 0.805. The molecule has 0 amide bonds. The van der Waals surface area contributed by atoms with Gasteiger partial charge in [-0.1, -0.05) is 42.5 Å². The lowest BCUT2D eigenvalue weighted by Gasteiger charge is -2.10. The molecule has 1 N–H and O–H groups in total. The van der Waals surface area contributed by atoms with Gasteiger partial charge in [0.05, 0.1) is 5.56 Å². The Kier molecular flexibility index (Phi) is 3.53. The van der Waals surface area contributed by atoms with Crippen molar-refractivity contribution in [2.45, 2.75) is 4.90 Å². The zero-order valence-corrected chi connectivity index (χ0v) is 12.3. The Bertz CT molecular complexity index is 989. The van der Waals surface area contributed by atoms with Crippen molar-refractivity contribution >= 4 is 26.5 Å². The van der Waals surface area contributed by atoms with E-state index >= 15 is 0 Å². The molecule has 0 saturated carbocycles. The van der Waals surface area contributed by atoms with Gasteiger partial charge in [-0.15, -0.1) is 0 Å². The fourth-order valence-corrected chi connectivity index (χ4v) is 3.46. The van der Waals surface area contributed by atoms with Gasteiger partial charge in [-0.05, 0) is 35.0 Å². The van der Waals surface area contributed by atoms with Gasteiger partial charge in [0, 0.05) is 5.69 Å².